The number of benzene rings is 1. The molecule has 0 atom stereocenters. The largest absolute Gasteiger partial charge is 0.361 e. The number of hydrogen-bond donors (Lipinski definition) is 2. The smallest absolute Gasteiger partial charge is 0.323 e. The summed E-state index contributed by atoms with van der Waals surface area (Å²) in [6, 6.07) is 5.64. The van der Waals surface area contributed by atoms with Gasteiger partial charge in [-0.05, 0) is 56.4 Å². The molecular formula is C20H28N6O. The van der Waals surface area contributed by atoms with E-state index in [4.69, 9.17) is 0 Å². The molecule has 0 aliphatic carbocycles. The molecule has 1 fully saturated rings. The van der Waals surface area contributed by atoms with Crippen molar-refractivity contribution in [3.05, 3.63) is 35.5 Å². The van der Waals surface area contributed by atoms with Crippen LogP contribution in [-0.4, -0.2) is 43.2 Å². The second kappa shape index (κ2) is 8.24. The molecule has 1 aromatic heterocycles. The van der Waals surface area contributed by atoms with Crippen molar-refractivity contribution in [2.75, 3.05) is 47.6 Å². The number of piperidine rings is 1. The summed E-state index contributed by atoms with van der Waals surface area (Å²) in [4.78, 5) is 25.7. The van der Waals surface area contributed by atoms with Gasteiger partial charge in [-0.15, -0.1) is 0 Å². The topological polar surface area (TPSA) is 73.4 Å². The zero-order chi connectivity index (χ0) is 19.4. The highest BCUT2D eigenvalue weighted by Gasteiger charge is 2.17. The van der Waals surface area contributed by atoms with Crippen LogP contribution in [0.3, 0.4) is 0 Å². The van der Waals surface area contributed by atoms with Gasteiger partial charge in [0.05, 0.1) is 6.20 Å². The molecule has 7 heteroatoms. The number of urea groups is 1. The van der Waals surface area contributed by atoms with Crippen LogP contribution >= 0.6 is 0 Å². The first-order valence-corrected chi connectivity index (χ1v) is 9.38. The van der Waals surface area contributed by atoms with Gasteiger partial charge in [-0.3, -0.25) is 0 Å². The molecule has 7 nitrogen and oxygen atoms in total. The number of nitrogens with one attached hydrogen (secondary N) is 2. The first-order valence-electron chi connectivity index (χ1n) is 9.38. The summed E-state index contributed by atoms with van der Waals surface area (Å²) in [6.07, 6.45) is 5.28. The fraction of sp³-hybridized carbons (Fsp3) is 0.450. The van der Waals surface area contributed by atoms with Gasteiger partial charge in [0, 0.05) is 32.9 Å². The van der Waals surface area contributed by atoms with Gasteiger partial charge < -0.3 is 20.4 Å². The molecule has 1 aliphatic rings. The lowest BCUT2D eigenvalue weighted by Crippen LogP contribution is -2.31. The van der Waals surface area contributed by atoms with E-state index in [1.54, 1.807) is 6.20 Å². The minimum Gasteiger partial charge on any atom is -0.361 e. The van der Waals surface area contributed by atoms with E-state index in [0.717, 1.165) is 35.9 Å². The average Bonchev–Trinajstić information content (AvgIpc) is 2.61. The highest BCUT2D eigenvalue weighted by atomic mass is 16.2. The maximum absolute atomic E-state index is 12.5. The van der Waals surface area contributed by atoms with Crippen LogP contribution in [0.2, 0.25) is 0 Å². The second-order valence-corrected chi connectivity index (χ2v) is 7.30. The van der Waals surface area contributed by atoms with Crippen molar-refractivity contribution >= 4 is 29.2 Å². The fourth-order valence-corrected chi connectivity index (χ4v) is 3.37. The highest BCUT2D eigenvalue weighted by Crippen LogP contribution is 2.25. The van der Waals surface area contributed by atoms with Gasteiger partial charge in [-0.2, -0.15) is 4.98 Å². The summed E-state index contributed by atoms with van der Waals surface area (Å²) in [5.41, 5.74) is 3.56. The van der Waals surface area contributed by atoms with E-state index >= 15 is 0 Å². The first-order chi connectivity index (χ1) is 12.9. The third-order valence-corrected chi connectivity index (χ3v) is 4.55. The lowest BCUT2D eigenvalue weighted by molar-refractivity contribution is 0.262. The molecule has 2 aromatic rings. The summed E-state index contributed by atoms with van der Waals surface area (Å²) in [6.45, 7) is 5.97. The number of aromatic nitrogens is 2. The summed E-state index contributed by atoms with van der Waals surface area (Å²) >= 11 is 0. The predicted molar refractivity (Wildman–Crippen MR) is 111 cm³/mol. The Balaban J connectivity index is 1.75. The van der Waals surface area contributed by atoms with Crippen LogP contribution in [0.1, 0.15) is 30.4 Å². The Hall–Kier alpha value is -2.83. The molecule has 144 valence electrons. The van der Waals surface area contributed by atoms with Crippen molar-refractivity contribution < 1.29 is 4.79 Å². The highest BCUT2D eigenvalue weighted by molar-refractivity contribution is 6.01. The molecule has 27 heavy (non-hydrogen) atoms. The lowest BCUT2D eigenvalue weighted by atomic mass is 10.1. The van der Waals surface area contributed by atoms with Gasteiger partial charge >= 0.3 is 6.03 Å². The molecule has 0 radical (unpaired) electrons. The number of rotatable bonds is 4. The van der Waals surface area contributed by atoms with Crippen molar-refractivity contribution in [2.24, 2.45) is 0 Å². The van der Waals surface area contributed by atoms with Gasteiger partial charge in [0.15, 0.2) is 5.82 Å². The Morgan fingerprint density at radius 2 is 1.70 bits per heavy atom. The molecule has 2 N–H and O–H groups in total. The number of carbonyl (C=O) groups excluding carboxylic acids is 1. The SMILES string of the molecule is Cc1cc(C)cc(NC(=O)Nc2cnc(N3CCCCC3)nc2N(C)C)c1. The molecule has 1 aliphatic heterocycles. The summed E-state index contributed by atoms with van der Waals surface area (Å²) in [7, 11) is 3.82. The Morgan fingerprint density at radius 3 is 2.33 bits per heavy atom. The summed E-state index contributed by atoms with van der Waals surface area (Å²) < 4.78 is 0. The van der Waals surface area contributed by atoms with Crippen LogP contribution in [-0.2, 0) is 0 Å². The van der Waals surface area contributed by atoms with Crippen molar-refractivity contribution in [1.82, 2.24) is 9.97 Å². The van der Waals surface area contributed by atoms with Crippen molar-refractivity contribution in [2.45, 2.75) is 33.1 Å². The molecular weight excluding hydrogens is 340 g/mol. The minimum absolute atomic E-state index is 0.308. The van der Waals surface area contributed by atoms with Gasteiger partial charge in [-0.1, -0.05) is 6.07 Å². The van der Waals surface area contributed by atoms with Gasteiger partial charge in [-0.25, -0.2) is 9.78 Å². The normalized spacial score (nSPS) is 14.0. The molecule has 1 aromatic carbocycles. The van der Waals surface area contributed by atoms with Crippen LogP contribution in [0.5, 0.6) is 0 Å². The fourth-order valence-electron chi connectivity index (χ4n) is 3.37. The van der Waals surface area contributed by atoms with E-state index in [0.29, 0.717) is 11.5 Å². The number of aryl methyl sites for hydroxylation is 2. The molecule has 0 saturated carbocycles. The zero-order valence-electron chi connectivity index (χ0n) is 16.5. The minimum atomic E-state index is -0.308. The van der Waals surface area contributed by atoms with Crippen LogP contribution in [0.15, 0.2) is 24.4 Å². The van der Waals surface area contributed by atoms with E-state index < -0.39 is 0 Å². The van der Waals surface area contributed by atoms with Gasteiger partial charge in [0.25, 0.3) is 0 Å². The summed E-state index contributed by atoms with van der Waals surface area (Å²) in [5.74, 6) is 1.42. The number of anilines is 4. The maximum Gasteiger partial charge on any atom is 0.323 e. The molecule has 0 spiro atoms. The Morgan fingerprint density at radius 1 is 1.04 bits per heavy atom. The average molecular weight is 368 g/mol. The maximum atomic E-state index is 12.5. The molecule has 1 saturated heterocycles. The Labute approximate surface area is 160 Å². The zero-order valence-corrected chi connectivity index (χ0v) is 16.5. The standard InChI is InChI=1S/C20H28N6O/c1-14-10-15(2)12-16(11-14)22-20(27)23-17-13-21-19(24-18(17)25(3)4)26-8-6-5-7-9-26/h10-13H,5-9H2,1-4H3,(H2,22,23,27). The molecule has 3 rings (SSSR count). The molecule has 0 unspecified atom stereocenters. The lowest BCUT2D eigenvalue weighted by Gasteiger charge is -2.28. The second-order valence-electron chi connectivity index (χ2n) is 7.30. The third kappa shape index (κ3) is 4.87. The molecule has 0 bridgehead atoms. The van der Waals surface area contributed by atoms with Gasteiger partial charge in [0.2, 0.25) is 5.95 Å². The summed E-state index contributed by atoms with van der Waals surface area (Å²) in [5, 5.41) is 5.76. The first kappa shape index (κ1) is 18.9. The third-order valence-electron chi connectivity index (χ3n) is 4.55. The van der Waals surface area contributed by atoms with Crippen molar-refractivity contribution in [3.8, 4) is 0 Å². The Kier molecular flexibility index (Phi) is 5.78. The number of amides is 2. The van der Waals surface area contributed by atoms with Crippen molar-refractivity contribution in [3.63, 3.8) is 0 Å². The number of hydrogen-bond acceptors (Lipinski definition) is 5. The van der Waals surface area contributed by atoms with Gasteiger partial charge in [0.1, 0.15) is 5.69 Å². The molecule has 2 amide bonds. The number of carbonyl (C=O) groups is 1. The van der Waals surface area contributed by atoms with E-state index in [9.17, 15) is 4.79 Å². The Bertz CT molecular complexity index is 794. The quantitative estimate of drug-likeness (QED) is 0.859. The predicted octanol–water partition coefficient (Wildman–Crippen LogP) is 3.79. The van der Waals surface area contributed by atoms with E-state index in [2.05, 4.69) is 31.6 Å². The van der Waals surface area contributed by atoms with E-state index in [1.807, 2.05) is 45.0 Å². The van der Waals surface area contributed by atoms with Crippen LogP contribution in [0, 0.1) is 13.8 Å². The monoisotopic (exact) mass is 368 g/mol. The van der Waals surface area contributed by atoms with Crippen LogP contribution < -0.4 is 20.4 Å². The number of nitrogens with zero attached hydrogens (tertiary/aromatic N) is 4. The molecule has 2 heterocycles. The van der Waals surface area contributed by atoms with Crippen LogP contribution in [0.4, 0.5) is 27.9 Å². The van der Waals surface area contributed by atoms with Crippen LogP contribution in [0.25, 0.3) is 0 Å². The van der Waals surface area contributed by atoms with E-state index in [-0.39, 0.29) is 6.03 Å². The van der Waals surface area contributed by atoms with E-state index in [1.165, 1.54) is 19.3 Å². The van der Waals surface area contributed by atoms with Crippen molar-refractivity contribution in [1.29, 1.82) is 0 Å².